The summed E-state index contributed by atoms with van der Waals surface area (Å²) >= 11 is 0. The number of esters is 1. The maximum Gasteiger partial charge on any atom is 0.329 e. The van der Waals surface area contributed by atoms with Gasteiger partial charge in [0.15, 0.2) is 0 Å². The number of rotatable bonds is 2. The van der Waals surface area contributed by atoms with E-state index in [1.54, 1.807) is 4.90 Å². The first-order valence-corrected chi connectivity index (χ1v) is 7.99. The fraction of sp³-hybridized carbons (Fsp3) is 0.875. The van der Waals surface area contributed by atoms with E-state index in [9.17, 15) is 9.59 Å². The van der Waals surface area contributed by atoms with Gasteiger partial charge in [0.25, 0.3) is 0 Å². The van der Waals surface area contributed by atoms with Gasteiger partial charge in [0.05, 0.1) is 0 Å². The molecule has 5 nitrogen and oxygen atoms in total. The molecule has 0 aromatic heterocycles. The van der Waals surface area contributed by atoms with Crippen LogP contribution in [0.2, 0.25) is 0 Å². The van der Waals surface area contributed by atoms with Crippen LogP contribution in [0.3, 0.4) is 0 Å². The van der Waals surface area contributed by atoms with Gasteiger partial charge in [-0.25, -0.2) is 4.79 Å². The van der Waals surface area contributed by atoms with Crippen molar-refractivity contribution in [2.75, 3.05) is 6.54 Å². The highest BCUT2D eigenvalue weighted by Gasteiger charge is 2.46. The van der Waals surface area contributed by atoms with Crippen LogP contribution in [-0.2, 0) is 14.3 Å². The van der Waals surface area contributed by atoms with Crippen LogP contribution in [0.15, 0.2) is 0 Å². The van der Waals surface area contributed by atoms with Crippen LogP contribution in [0, 0.1) is 11.8 Å². The smallest absolute Gasteiger partial charge is 0.329 e. The maximum atomic E-state index is 12.7. The SMILES string of the molecule is C[C@H]1C(=O)N2[C@H](CC[C@H]1CN)CC[C@H]2C(=O)OC(C)(C)C. The Morgan fingerprint density at radius 1 is 1.29 bits per heavy atom. The summed E-state index contributed by atoms with van der Waals surface area (Å²) in [5.74, 6) is -0.0801. The van der Waals surface area contributed by atoms with Gasteiger partial charge >= 0.3 is 5.97 Å². The van der Waals surface area contributed by atoms with Gasteiger partial charge in [0.1, 0.15) is 11.6 Å². The van der Waals surface area contributed by atoms with Gasteiger partial charge < -0.3 is 15.4 Å². The molecule has 21 heavy (non-hydrogen) atoms. The number of carbonyl (C=O) groups excluding carboxylic acids is 2. The molecule has 2 heterocycles. The van der Waals surface area contributed by atoms with Crippen LogP contribution in [0.25, 0.3) is 0 Å². The topological polar surface area (TPSA) is 72.6 Å². The van der Waals surface area contributed by atoms with E-state index < -0.39 is 11.6 Å². The van der Waals surface area contributed by atoms with Crippen molar-refractivity contribution in [3.05, 3.63) is 0 Å². The Hall–Kier alpha value is -1.10. The predicted octanol–water partition coefficient (Wildman–Crippen LogP) is 1.69. The Kier molecular flexibility index (Phi) is 4.61. The van der Waals surface area contributed by atoms with Crippen molar-refractivity contribution in [1.82, 2.24) is 4.90 Å². The summed E-state index contributed by atoms with van der Waals surface area (Å²) < 4.78 is 5.49. The molecule has 5 heteroatoms. The number of hydrogen-bond acceptors (Lipinski definition) is 4. The van der Waals surface area contributed by atoms with Gasteiger partial charge in [-0.3, -0.25) is 4.79 Å². The van der Waals surface area contributed by atoms with E-state index >= 15 is 0 Å². The van der Waals surface area contributed by atoms with Crippen LogP contribution in [0.4, 0.5) is 0 Å². The Morgan fingerprint density at radius 3 is 2.48 bits per heavy atom. The Balaban J connectivity index is 2.17. The van der Waals surface area contributed by atoms with Crippen LogP contribution < -0.4 is 5.73 Å². The first kappa shape index (κ1) is 16.3. The third-order valence-corrected chi connectivity index (χ3v) is 4.71. The van der Waals surface area contributed by atoms with Gasteiger partial charge in [-0.1, -0.05) is 6.92 Å². The molecule has 120 valence electrons. The molecule has 2 aliphatic heterocycles. The second-order valence-corrected chi connectivity index (χ2v) is 7.39. The zero-order valence-corrected chi connectivity index (χ0v) is 13.6. The minimum Gasteiger partial charge on any atom is -0.458 e. The minimum atomic E-state index is -0.518. The lowest BCUT2D eigenvalue weighted by Crippen LogP contribution is -2.48. The molecule has 2 fully saturated rings. The molecule has 0 unspecified atom stereocenters. The van der Waals surface area contributed by atoms with E-state index in [-0.39, 0.29) is 29.8 Å². The fourth-order valence-electron chi connectivity index (χ4n) is 3.52. The molecule has 2 rings (SSSR count). The molecular formula is C16H28N2O3. The van der Waals surface area contributed by atoms with E-state index in [4.69, 9.17) is 10.5 Å². The molecule has 1 amide bonds. The lowest BCUT2D eigenvalue weighted by molar-refractivity contribution is -0.164. The highest BCUT2D eigenvalue weighted by atomic mass is 16.6. The summed E-state index contributed by atoms with van der Waals surface area (Å²) in [7, 11) is 0. The molecule has 2 aliphatic rings. The van der Waals surface area contributed by atoms with Gasteiger partial charge in [0.2, 0.25) is 5.91 Å². The predicted molar refractivity (Wildman–Crippen MR) is 80.4 cm³/mol. The second-order valence-electron chi connectivity index (χ2n) is 7.39. The van der Waals surface area contributed by atoms with Gasteiger partial charge in [-0.05, 0) is 58.9 Å². The molecule has 0 spiro atoms. The van der Waals surface area contributed by atoms with Gasteiger partial charge in [0, 0.05) is 12.0 Å². The van der Waals surface area contributed by atoms with Crippen molar-refractivity contribution in [3.8, 4) is 0 Å². The summed E-state index contributed by atoms with van der Waals surface area (Å²) in [4.78, 5) is 26.9. The highest BCUT2D eigenvalue weighted by Crippen LogP contribution is 2.36. The summed E-state index contributed by atoms with van der Waals surface area (Å²) in [5, 5.41) is 0. The number of nitrogens with two attached hydrogens (primary N) is 1. The largest absolute Gasteiger partial charge is 0.458 e. The molecule has 2 N–H and O–H groups in total. The van der Waals surface area contributed by atoms with Crippen molar-refractivity contribution in [1.29, 1.82) is 0 Å². The Morgan fingerprint density at radius 2 is 1.90 bits per heavy atom. The standard InChI is InChI=1S/C16H28N2O3/c1-10-11(9-17)5-6-12-7-8-13(18(12)14(10)19)15(20)21-16(2,3)4/h10-13H,5-9,17H2,1-4H3/t10-,11+,12-,13+/m1/s1. The first-order chi connectivity index (χ1) is 9.74. The number of hydrogen-bond donors (Lipinski definition) is 1. The van der Waals surface area contributed by atoms with Crippen molar-refractivity contribution >= 4 is 11.9 Å². The van der Waals surface area contributed by atoms with E-state index in [1.165, 1.54) is 0 Å². The van der Waals surface area contributed by atoms with Gasteiger partial charge in [-0.2, -0.15) is 0 Å². The van der Waals surface area contributed by atoms with E-state index in [0.717, 1.165) is 19.3 Å². The van der Waals surface area contributed by atoms with Crippen LogP contribution in [0.1, 0.15) is 53.4 Å². The third kappa shape index (κ3) is 3.39. The monoisotopic (exact) mass is 296 g/mol. The minimum absolute atomic E-state index is 0.0707. The van der Waals surface area contributed by atoms with Crippen LogP contribution in [-0.4, -0.2) is 41.0 Å². The molecule has 0 aromatic carbocycles. The highest BCUT2D eigenvalue weighted by molar-refractivity contribution is 5.87. The fourth-order valence-corrected chi connectivity index (χ4v) is 3.52. The molecule has 2 saturated heterocycles. The number of amides is 1. The Bertz CT molecular complexity index is 416. The molecule has 0 radical (unpaired) electrons. The number of ether oxygens (including phenoxy) is 1. The summed E-state index contributed by atoms with van der Waals surface area (Å²) in [6, 6.07) is -0.241. The number of carbonyl (C=O) groups is 2. The molecule has 0 saturated carbocycles. The van der Waals surface area contributed by atoms with Crippen LogP contribution in [0.5, 0.6) is 0 Å². The average Bonchev–Trinajstić information content (AvgIpc) is 2.75. The van der Waals surface area contributed by atoms with E-state index in [1.807, 2.05) is 27.7 Å². The van der Waals surface area contributed by atoms with E-state index in [0.29, 0.717) is 13.0 Å². The molecule has 4 atom stereocenters. The van der Waals surface area contributed by atoms with Crippen LogP contribution >= 0.6 is 0 Å². The Labute approximate surface area is 127 Å². The summed E-state index contributed by atoms with van der Waals surface area (Å²) in [6.07, 6.45) is 3.51. The third-order valence-electron chi connectivity index (χ3n) is 4.71. The quantitative estimate of drug-likeness (QED) is 0.787. The summed E-state index contributed by atoms with van der Waals surface area (Å²) in [5.41, 5.74) is 5.27. The molecule has 0 aliphatic carbocycles. The molecule has 0 bridgehead atoms. The van der Waals surface area contributed by atoms with Crippen molar-refractivity contribution < 1.29 is 14.3 Å². The summed E-state index contributed by atoms with van der Waals surface area (Å²) in [6.45, 7) is 8.04. The number of fused-ring (bicyclic) bond motifs is 1. The van der Waals surface area contributed by atoms with Gasteiger partial charge in [-0.15, -0.1) is 0 Å². The van der Waals surface area contributed by atoms with Crippen molar-refractivity contribution in [2.24, 2.45) is 17.6 Å². The molecular weight excluding hydrogens is 268 g/mol. The first-order valence-electron chi connectivity index (χ1n) is 7.99. The van der Waals surface area contributed by atoms with E-state index in [2.05, 4.69) is 0 Å². The molecule has 0 aromatic rings. The lowest BCUT2D eigenvalue weighted by Gasteiger charge is -2.31. The van der Waals surface area contributed by atoms with Crippen molar-refractivity contribution in [2.45, 2.75) is 71.1 Å². The zero-order chi connectivity index (χ0) is 15.8. The maximum absolute atomic E-state index is 12.7. The number of nitrogens with zero attached hydrogens (tertiary/aromatic N) is 1. The average molecular weight is 296 g/mol. The second kappa shape index (κ2) is 5.95. The lowest BCUT2D eigenvalue weighted by atomic mass is 9.89. The zero-order valence-electron chi connectivity index (χ0n) is 13.6. The van der Waals surface area contributed by atoms with Crippen molar-refractivity contribution in [3.63, 3.8) is 0 Å². The normalized spacial score (nSPS) is 33.6.